The fraction of sp³-hybridized carbons (Fsp3) is 0.0357. The number of rotatable bonds is 0. The van der Waals surface area contributed by atoms with E-state index in [1.54, 1.807) is 24.3 Å². The normalized spacial score (nSPS) is 12.4. The predicted octanol–water partition coefficient (Wildman–Crippen LogP) is 8.20. The monoisotopic (exact) mass is 686 g/mol. The molecule has 1 aliphatic heterocycles. The Morgan fingerprint density at radius 2 is 1.29 bits per heavy atom. The second kappa shape index (κ2) is 13.9. The van der Waals surface area contributed by atoms with Crippen molar-refractivity contribution in [2.75, 3.05) is 0 Å². The van der Waals surface area contributed by atoms with E-state index in [9.17, 15) is 18.0 Å². The number of ketones is 1. The number of carbonyl (C=O) groups excluding carboxylic acids is 1. The third-order valence-electron chi connectivity index (χ3n) is 5.62. The molecular formula is C28H18Cl4O8S2. The number of benzene rings is 4. The molecule has 218 valence electrons. The molecule has 0 fully saturated rings. The number of halogens is 4. The quantitative estimate of drug-likeness (QED) is 0.0823. The summed E-state index contributed by atoms with van der Waals surface area (Å²) < 4.78 is 26.7. The minimum atomic E-state index is -3.82. The van der Waals surface area contributed by atoms with Gasteiger partial charge in [-0.05, 0) is 48.5 Å². The number of hydrogen-bond acceptors (Lipinski definition) is 8. The lowest BCUT2D eigenvalue weighted by atomic mass is 10.0. The summed E-state index contributed by atoms with van der Waals surface area (Å²) >= 11 is 25.4. The average Bonchev–Trinajstić information content (AvgIpc) is 2.97. The molecule has 0 saturated carbocycles. The number of sulfone groups is 1. The van der Waals surface area contributed by atoms with Gasteiger partial charge in [-0.3, -0.25) is 24.9 Å². The Balaban J connectivity index is 0.000000195. The highest BCUT2D eigenvalue weighted by atomic mass is 35.5. The standard InChI is InChI=1S/C13H6Cl2O3S.C13H6Cl2OS.C2H4O2.H2O2/c14-9-6-5-8-12(16)7-3-1-2-4-10(7)19(17,18)13(8)11(9)15;14-9-6-5-8-12(16)7-3-1-2-4-10(7)17-13(8)11(9)15;1-2(3)4;1-2/h1-6H;1-6H;1H3,(H,3,4);1-2H. The van der Waals surface area contributed by atoms with E-state index in [1.807, 2.05) is 24.3 Å². The molecule has 14 heteroatoms. The summed E-state index contributed by atoms with van der Waals surface area (Å²) in [5.41, 5.74) is 0.231. The van der Waals surface area contributed by atoms with Crippen LogP contribution < -0.4 is 5.43 Å². The van der Waals surface area contributed by atoms with Crippen molar-refractivity contribution in [1.29, 1.82) is 0 Å². The zero-order valence-electron chi connectivity index (χ0n) is 21.1. The van der Waals surface area contributed by atoms with E-state index in [0.29, 0.717) is 15.4 Å². The van der Waals surface area contributed by atoms with Gasteiger partial charge >= 0.3 is 0 Å². The van der Waals surface area contributed by atoms with Crippen molar-refractivity contribution in [2.45, 2.75) is 16.7 Å². The van der Waals surface area contributed by atoms with Gasteiger partial charge in [0.2, 0.25) is 9.84 Å². The lowest BCUT2D eigenvalue weighted by molar-refractivity contribution is -0.176. The summed E-state index contributed by atoms with van der Waals surface area (Å²) in [5, 5.41) is 21.7. The predicted molar refractivity (Wildman–Crippen MR) is 166 cm³/mol. The van der Waals surface area contributed by atoms with Crippen LogP contribution in [0.1, 0.15) is 22.8 Å². The highest BCUT2D eigenvalue weighted by molar-refractivity contribution is 7.92. The molecule has 1 aliphatic rings. The molecule has 42 heavy (non-hydrogen) atoms. The van der Waals surface area contributed by atoms with Crippen molar-refractivity contribution in [3.05, 3.63) is 114 Å². The van der Waals surface area contributed by atoms with E-state index < -0.39 is 15.8 Å². The fourth-order valence-corrected chi connectivity index (χ4v) is 7.93. The van der Waals surface area contributed by atoms with Crippen LogP contribution in [0.25, 0.3) is 20.2 Å². The zero-order valence-corrected chi connectivity index (χ0v) is 25.8. The van der Waals surface area contributed by atoms with Gasteiger partial charge in [0.25, 0.3) is 5.97 Å². The molecule has 0 radical (unpaired) electrons. The Morgan fingerprint density at radius 3 is 1.95 bits per heavy atom. The van der Waals surface area contributed by atoms with Gasteiger partial charge in [-0.1, -0.05) is 70.7 Å². The van der Waals surface area contributed by atoms with E-state index in [0.717, 1.165) is 21.7 Å². The van der Waals surface area contributed by atoms with Crippen molar-refractivity contribution in [1.82, 2.24) is 0 Å². The molecular weight excluding hydrogens is 670 g/mol. The molecule has 0 saturated heterocycles. The van der Waals surface area contributed by atoms with Crippen LogP contribution in [0, 0.1) is 0 Å². The van der Waals surface area contributed by atoms with Crippen LogP contribution in [0.4, 0.5) is 0 Å². The summed E-state index contributed by atoms with van der Waals surface area (Å²) in [6.07, 6.45) is 0. The number of hydrogen-bond donors (Lipinski definition) is 3. The van der Waals surface area contributed by atoms with Gasteiger partial charge in [-0.15, -0.1) is 11.3 Å². The highest BCUT2D eigenvalue weighted by Gasteiger charge is 2.37. The van der Waals surface area contributed by atoms with Crippen LogP contribution in [0.3, 0.4) is 0 Å². The third kappa shape index (κ3) is 6.61. The summed E-state index contributed by atoms with van der Waals surface area (Å²) in [7, 11) is -3.82. The number of aliphatic carboxylic acids is 1. The minimum Gasteiger partial charge on any atom is -0.481 e. The molecule has 0 aliphatic carbocycles. The molecule has 0 unspecified atom stereocenters. The Hall–Kier alpha value is -3.06. The maximum absolute atomic E-state index is 12.5. The summed E-state index contributed by atoms with van der Waals surface area (Å²) in [6, 6.07) is 19.8. The van der Waals surface area contributed by atoms with E-state index >= 15 is 0 Å². The lowest BCUT2D eigenvalue weighted by Crippen LogP contribution is -2.20. The number of fused-ring (bicyclic) bond motifs is 4. The van der Waals surface area contributed by atoms with Gasteiger partial charge in [-0.25, -0.2) is 8.42 Å². The lowest BCUT2D eigenvalue weighted by Gasteiger charge is -2.19. The second-order valence-corrected chi connectivity index (χ2v) is 12.7. The SMILES string of the molecule is CC(=O)O.O=C1c2ccccc2S(=O)(=O)c2c1ccc(Cl)c2Cl.O=c1c2ccccc2sc2c(Cl)c(Cl)ccc12.OO. The van der Waals surface area contributed by atoms with Gasteiger partial charge < -0.3 is 5.11 Å². The van der Waals surface area contributed by atoms with Crippen molar-refractivity contribution in [2.24, 2.45) is 0 Å². The molecule has 4 aromatic carbocycles. The van der Waals surface area contributed by atoms with Crippen molar-refractivity contribution in [3.8, 4) is 0 Å². The van der Waals surface area contributed by atoms with E-state index in [2.05, 4.69) is 0 Å². The minimum absolute atomic E-state index is 0.00733. The van der Waals surface area contributed by atoms with Crippen LogP contribution in [0.2, 0.25) is 20.1 Å². The first-order valence-electron chi connectivity index (χ1n) is 11.4. The van der Waals surface area contributed by atoms with Gasteiger partial charge in [0.15, 0.2) is 11.2 Å². The van der Waals surface area contributed by atoms with Gasteiger partial charge in [0, 0.05) is 33.5 Å². The van der Waals surface area contributed by atoms with Crippen LogP contribution in [0.5, 0.6) is 0 Å². The van der Waals surface area contributed by atoms with Gasteiger partial charge in [0.1, 0.15) is 4.90 Å². The molecule has 0 spiro atoms. The van der Waals surface area contributed by atoms with E-state index in [4.69, 9.17) is 66.8 Å². The largest absolute Gasteiger partial charge is 0.481 e. The highest BCUT2D eigenvalue weighted by Crippen LogP contribution is 2.41. The molecule has 1 aromatic heterocycles. The number of carbonyl (C=O) groups is 2. The van der Waals surface area contributed by atoms with E-state index in [1.165, 1.54) is 35.6 Å². The first-order valence-corrected chi connectivity index (χ1v) is 15.2. The summed E-state index contributed by atoms with van der Waals surface area (Å²) in [4.78, 5) is 33.3. The molecule has 8 nitrogen and oxygen atoms in total. The maximum Gasteiger partial charge on any atom is 0.300 e. The van der Waals surface area contributed by atoms with Crippen LogP contribution in [-0.2, 0) is 14.6 Å². The first kappa shape index (κ1) is 33.4. The van der Waals surface area contributed by atoms with E-state index in [-0.39, 0.29) is 42.2 Å². The topological polar surface area (TPSA) is 146 Å². The fourth-order valence-electron chi connectivity index (χ4n) is 3.93. The van der Waals surface area contributed by atoms with Crippen LogP contribution in [0.15, 0.2) is 87.4 Å². The van der Waals surface area contributed by atoms with Crippen LogP contribution >= 0.6 is 57.7 Å². The number of carboxylic acid groups (broad SMARTS) is 1. The first-order chi connectivity index (χ1) is 19.9. The third-order valence-corrected chi connectivity index (χ3v) is 10.6. The molecule has 6 rings (SSSR count). The van der Waals surface area contributed by atoms with Crippen molar-refractivity contribution >= 4 is 99.5 Å². The summed E-state index contributed by atoms with van der Waals surface area (Å²) in [6.45, 7) is 1.08. The molecule has 0 amide bonds. The van der Waals surface area contributed by atoms with Crippen molar-refractivity contribution < 1.29 is 33.6 Å². The molecule has 5 aromatic rings. The van der Waals surface area contributed by atoms with Crippen molar-refractivity contribution in [3.63, 3.8) is 0 Å². The Bertz CT molecular complexity index is 2000. The van der Waals surface area contributed by atoms with Gasteiger partial charge in [-0.2, -0.15) is 0 Å². The van der Waals surface area contributed by atoms with Gasteiger partial charge in [0.05, 0.1) is 29.7 Å². The smallest absolute Gasteiger partial charge is 0.300 e. The Morgan fingerprint density at radius 1 is 0.738 bits per heavy atom. The maximum atomic E-state index is 12.5. The molecule has 3 N–H and O–H groups in total. The average molecular weight is 688 g/mol. The second-order valence-electron chi connectivity index (χ2n) is 8.25. The zero-order chi connectivity index (χ0) is 31.4. The Labute approximate surface area is 262 Å². The molecule has 2 heterocycles. The molecule has 0 bridgehead atoms. The summed E-state index contributed by atoms with van der Waals surface area (Å²) in [5.74, 6) is -1.20. The Kier molecular flexibility index (Phi) is 11.1. The number of carboxylic acids is 1. The molecule has 0 atom stereocenters. The van der Waals surface area contributed by atoms with Crippen LogP contribution in [-0.4, -0.2) is 35.8 Å².